The lowest BCUT2D eigenvalue weighted by atomic mass is 10.1. The van der Waals surface area contributed by atoms with Crippen LogP contribution in [0.2, 0.25) is 0 Å². The van der Waals surface area contributed by atoms with Crippen LogP contribution in [0.1, 0.15) is 16.8 Å². The molecular weight excluding hydrogens is 432 g/mol. The van der Waals surface area contributed by atoms with Crippen LogP contribution in [0.3, 0.4) is 0 Å². The molecule has 2 aromatic carbocycles. The Labute approximate surface area is 193 Å². The highest BCUT2D eigenvalue weighted by Crippen LogP contribution is 2.30. The third-order valence-corrected chi connectivity index (χ3v) is 6.41. The number of aromatic nitrogens is 1. The molecule has 0 saturated carbocycles. The molecule has 31 heavy (non-hydrogen) atoms. The Kier molecular flexibility index (Phi) is 8.26. The second-order valence-electron chi connectivity index (χ2n) is 7.67. The predicted molar refractivity (Wildman–Crippen MR) is 131 cm³/mol. The summed E-state index contributed by atoms with van der Waals surface area (Å²) >= 11 is 1.57. The van der Waals surface area contributed by atoms with E-state index in [-0.39, 0.29) is 18.3 Å². The van der Waals surface area contributed by atoms with E-state index in [1.807, 2.05) is 66.4 Å². The molecule has 8 heteroatoms. The standard InChI is InChI=1S/C23H28N4O2S.ClH/c1-25(2)19-10-8-18(9-11-19)22(28)27(13-5-12-26-14-16-29-17-15-26)23-24-20-6-3-4-7-21(20)30-23;/h3-4,6-11H,5,12-17H2,1-2H3;1H. The molecule has 1 aromatic heterocycles. The van der Waals surface area contributed by atoms with Gasteiger partial charge in [0.25, 0.3) is 5.91 Å². The van der Waals surface area contributed by atoms with Crippen molar-refractivity contribution in [1.82, 2.24) is 9.88 Å². The van der Waals surface area contributed by atoms with E-state index in [0.717, 1.165) is 60.3 Å². The lowest BCUT2D eigenvalue weighted by Crippen LogP contribution is -2.39. The number of para-hydroxylation sites is 1. The topological polar surface area (TPSA) is 48.9 Å². The predicted octanol–water partition coefficient (Wildman–Crippen LogP) is 4.15. The number of thiazole rings is 1. The van der Waals surface area contributed by atoms with Gasteiger partial charge in [0.05, 0.1) is 23.4 Å². The molecule has 0 unspecified atom stereocenters. The first-order valence-corrected chi connectivity index (χ1v) is 11.2. The maximum Gasteiger partial charge on any atom is 0.260 e. The minimum atomic E-state index is 0. The van der Waals surface area contributed by atoms with E-state index in [1.54, 1.807) is 11.3 Å². The van der Waals surface area contributed by atoms with Crippen molar-refractivity contribution in [2.45, 2.75) is 6.42 Å². The maximum atomic E-state index is 13.4. The summed E-state index contributed by atoms with van der Waals surface area (Å²) in [6, 6.07) is 15.8. The van der Waals surface area contributed by atoms with Crippen LogP contribution in [0.25, 0.3) is 10.2 Å². The third-order valence-electron chi connectivity index (χ3n) is 5.35. The highest BCUT2D eigenvalue weighted by atomic mass is 35.5. The summed E-state index contributed by atoms with van der Waals surface area (Å²) in [4.78, 5) is 24.5. The minimum absolute atomic E-state index is 0. The van der Waals surface area contributed by atoms with Crippen LogP contribution in [-0.4, -0.2) is 69.3 Å². The molecular formula is C23H29ClN4O2S. The summed E-state index contributed by atoms with van der Waals surface area (Å²) in [6.45, 7) is 5.10. The zero-order valence-corrected chi connectivity index (χ0v) is 19.6. The summed E-state index contributed by atoms with van der Waals surface area (Å²) in [6.07, 6.45) is 0.900. The van der Waals surface area contributed by atoms with Gasteiger partial charge in [-0.3, -0.25) is 14.6 Å². The quantitative estimate of drug-likeness (QED) is 0.530. The van der Waals surface area contributed by atoms with E-state index in [2.05, 4.69) is 11.0 Å². The monoisotopic (exact) mass is 460 g/mol. The number of carbonyl (C=O) groups is 1. The largest absolute Gasteiger partial charge is 0.379 e. The van der Waals surface area contributed by atoms with E-state index in [1.165, 1.54) is 0 Å². The van der Waals surface area contributed by atoms with Crippen LogP contribution < -0.4 is 9.80 Å². The molecule has 1 saturated heterocycles. The highest BCUT2D eigenvalue weighted by Gasteiger charge is 2.22. The minimum Gasteiger partial charge on any atom is -0.379 e. The average Bonchev–Trinajstić information content (AvgIpc) is 3.21. The number of morpholine rings is 1. The van der Waals surface area contributed by atoms with Crippen molar-refractivity contribution in [2.75, 3.05) is 63.3 Å². The fourth-order valence-corrected chi connectivity index (χ4v) is 4.58. The number of hydrogen-bond acceptors (Lipinski definition) is 6. The summed E-state index contributed by atoms with van der Waals surface area (Å²) in [7, 11) is 3.99. The number of hydrogen-bond donors (Lipinski definition) is 0. The van der Waals surface area contributed by atoms with Crippen molar-refractivity contribution in [1.29, 1.82) is 0 Å². The van der Waals surface area contributed by atoms with Gasteiger partial charge in [-0.25, -0.2) is 4.98 Å². The number of halogens is 1. The SMILES string of the molecule is CN(C)c1ccc(C(=O)N(CCCN2CCOCC2)c2nc3ccccc3s2)cc1.Cl. The number of anilines is 2. The normalized spacial score (nSPS) is 14.3. The second kappa shape index (κ2) is 10.9. The van der Waals surface area contributed by atoms with Gasteiger partial charge in [-0.1, -0.05) is 23.5 Å². The van der Waals surface area contributed by atoms with Gasteiger partial charge in [0.2, 0.25) is 0 Å². The maximum absolute atomic E-state index is 13.4. The molecule has 166 valence electrons. The van der Waals surface area contributed by atoms with Crippen molar-refractivity contribution in [3.05, 3.63) is 54.1 Å². The van der Waals surface area contributed by atoms with E-state index >= 15 is 0 Å². The van der Waals surface area contributed by atoms with E-state index < -0.39 is 0 Å². The number of amides is 1. The van der Waals surface area contributed by atoms with Crippen LogP contribution in [0.15, 0.2) is 48.5 Å². The number of nitrogens with zero attached hydrogens (tertiary/aromatic N) is 4. The van der Waals surface area contributed by atoms with Crippen molar-refractivity contribution in [3.8, 4) is 0 Å². The van der Waals surface area contributed by atoms with Crippen molar-refractivity contribution in [3.63, 3.8) is 0 Å². The van der Waals surface area contributed by atoms with Gasteiger partial charge in [-0.15, -0.1) is 12.4 Å². The fraction of sp³-hybridized carbons (Fsp3) is 0.391. The van der Waals surface area contributed by atoms with E-state index in [0.29, 0.717) is 12.1 Å². The molecule has 0 N–H and O–H groups in total. The zero-order valence-electron chi connectivity index (χ0n) is 18.0. The van der Waals surface area contributed by atoms with Gasteiger partial charge in [0, 0.05) is 51.5 Å². The van der Waals surface area contributed by atoms with Gasteiger partial charge >= 0.3 is 0 Å². The van der Waals surface area contributed by atoms with Gasteiger partial charge < -0.3 is 9.64 Å². The molecule has 6 nitrogen and oxygen atoms in total. The Bertz CT molecular complexity index is 954. The molecule has 0 spiro atoms. The van der Waals surface area contributed by atoms with E-state index in [9.17, 15) is 4.79 Å². The molecule has 1 aliphatic heterocycles. The van der Waals surface area contributed by atoms with Crippen LogP contribution in [0.5, 0.6) is 0 Å². The number of carbonyl (C=O) groups excluding carboxylic acids is 1. The Hall–Kier alpha value is -2.19. The van der Waals surface area contributed by atoms with Gasteiger partial charge in [-0.2, -0.15) is 0 Å². The summed E-state index contributed by atoms with van der Waals surface area (Å²) in [5, 5.41) is 0.764. The zero-order chi connectivity index (χ0) is 20.9. The third kappa shape index (κ3) is 5.74. The Morgan fingerprint density at radius 1 is 1.10 bits per heavy atom. The van der Waals surface area contributed by atoms with E-state index in [4.69, 9.17) is 9.72 Å². The van der Waals surface area contributed by atoms with Crippen LogP contribution in [-0.2, 0) is 4.74 Å². The Morgan fingerprint density at radius 3 is 2.48 bits per heavy atom. The van der Waals surface area contributed by atoms with Crippen LogP contribution in [0.4, 0.5) is 10.8 Å². The lowest BCUT2D eigenvalue weighted by molar-refractivity contribution is 0.0376. The Balaban J connectivity index is 0.00000272. The van der Waals surface area contributed by atoms with Gasteiger partial charge in [0.1, 0.15) is 0 Å². The fourth-order valence-electron chi connectivity index (χ4n) is 3.59. The molecule has 4 rings (SSSR count). The van der Waals surface area contributed by atoms with Gasteiger partial charge in [0.15, 0.2) is 5.13 Å². The molecule has 0 aliphatic carbocycles. The highest BCUT2D eigenvalue weighted by molar-refractivity contribution is 7.22. The van der Waals surface area contributed by atoms with Crippen molar-refractivity contribution < 1.29 is 9.53 Å². The van der Waals surface area contributed by atoms with Crippen LogP contribution in [0, 0.1) is 0 Å². The summed E-state index contributed by atoms with van der Waals surface area (Å²) in [5.74, 6) is 0.00124. The molecule has 2 heterocycles. The number of rotatable bonds is 7. The smallest absolute Gasteiger partial charge is 0.260 e. The first kappa shape index (κ1) is 23.5. The molecule has 0 bridgehead atoms. The average molecular weight is 461 g/mol. The van der Waals surface area contributed by atoms with Crippen molar-refractivity contribution in [2.24, 2.45) is 0 Å². The second-order valence-corrected chi connectivity index (χ2v) is 8.68. The van der Waals surface area contributed by atoms with Crippen molar-refractivity contribution >= 4 is 50.7 Å². The molecule has 0 atom stereocenters. The summed E-state index contributed by atoms with van der Waals surface area (Å²) in [5.41, 5.74) is 2.70. The molecule has 3 aromatic rings. The first-order valence-electron chi connectivity index (χ1n) is 10.4. The first-order chi connectivity index (χ1) is 14.6. The van der Waals surface area contributed by atoms with Gasteiger partial charge in [-0.05, 0) is 42.8 Å². The number of benzene rings is 2. The summed E-state index contributed by atoms with van der Waals surface area (Å²) < 4.78 is 6.53. The molecule has 1 fully saturated rings. The molecule has 1 amide bonds. The number of fused-ring (bicyclic) bond motifs is 1. The lowest BCUT2D eigenvalue weighted by Gasteiger charge is -2.27. The number of ether oxygens (including phenoxy) is 1. The Morgan fingerprint density at radius 2 is 1.81 bits per heavy atom. The molecule has 1 aliphatic rings. The molecule has 0 radical (unpaired) electrons. The van der Waals surface area contributed by atoms with Crippen LogP contribution >= 0.6 is 23.7 Å².